The third kappa shape index (κ3) is 3.62. The average Bonchev–Trinajstić information content (AvgIpc) is 2.94. The molecule has 0 aliphatic heterocycles. The molecule has 1 aromatic heterocycles. The standard InChI is InChI=1S/C13H11ClF2N4O3/c1-18(7-11-17-4-5-19(11)13(15)16)12(21)9-3-2-8(14)6-10(9)20(22)23/h2-6,13H,7H2,1H3. The molecule has 0 atom stereocenters. The Morgan fingerprint density at radius 1 is 1.52 bits per heavy atom. The van der Waals surface area contributed by atoms with E-state index in [2.05, 4.69) is 4.98 Å². The number of nitro benzene ring substituents is 1. The van der Waals surface area contributed by atoms with Crippen molar-refractivity contribution in [2.24, 2.45) is 0 Å². The summed E-state index contributed by atoms with van der Waals surface area (Å²) in [6, 6.07) is 3.62. The van der Waals surface area contributed by atoms with E-state index >= 15 is 0 Å². The van der Waals surface area contributed by atoms with Crippen LogP contribution in [0, 0.1) is 10.1 Å². The lowest BCUT2D eigenvalue weighted by Crippen LogP contribution is -2.28. The van der Waals surface area contributed by atoms with Crippen molar-refractivity contribution in [3.05, 3.63) is 57.1 Å². The lowest BCUT2D eigenvalue weighted by atomic mass is 10.1. The molecule has 23 heavy (non-hydrogen) atoms. The van der Waals surface area contributed by atoms with Crippen LogP contribution in [0.25, 0.3) is 0 Å². The van der Waals surface area contributed by atoms with E-state index in [0.717, 1.165) is 17.2 Å². The van der Waals surface area contributed by atoms with Gasteiger partial charge in [0.1, 0.15) is 11.4 Å². The Balaban J connectivity index is 2.27. The van der Waals surface area contributed by atoms with E-state index in [1.807, 2.05) is 0 Å². The van der Waals surface area contributed by atoms with Crippen molar-refractivity contribution in [1.29, 1.82) is 0 Å². The Bertz CT molecular complexity index is 751. The number of alkyl halides is 2. The molecular formula is C13H11ClF2N4O3. The number of halogens is 3. The van der Waals surface area contributed by atoms with Gasteiger partial charge >= 0.3 is 6.55 Å². The summed E-state index contributed by atoms with van der Waals surface area (Å²) in [5.41, 5.74) is -0.636. The van der Waals surface area contributed by atoms with Crippen LogP contribution in [-0.2, 0) is 6.54 Å². The summed E-state index contributed by atoms with van der Waals surface area (Å²) in [7, 11) is 1.34. The van der Waals surface area contributed by atoms with Gasteiger partial charge in [0.2, 0.25) is 0 Å². The highest BCUT2D eigenvalue weighted by Crippen LogP contribution is 2.25. The van der Waals surface area contributed by atoms with Crippen LogP contribution in [0.1, 0.15) is 22.7 Å². The predicted molar refractivity (Wildman–Crippen MR) is 77.4 cm³/mol. The second-order valence-electron chi connectivity index (χ2n) is 4.61. The molecule has 0 radical (unpaired) electrons. The summed E-state index contributed by atoms with van der Waals surface area (Å²) in [6.07, 6.45) is 2.27. The topological polar surface area (TPSA) is 81.3 Å². The molecule has 2 rings (SSSR count). The van der Waals surface area contributed by atoms with Crippen LogP contribution < -0.4 is 0 Å². The normalized spacial score (nSPS) is 10.8. The Morgan fingerprint density at radius 2 is 2.22 bits per heavy atom. The molecule has 0 spiro atoms. The molecule has 10 heteroatoms. The van der Waals surface area contributed by atoms with Crippen LogP contribution in [-0.4, -0.2) is 32.3 Å². The number of aromatic nitrogens is 2. The molecule has 2 aromatic rings. The van der Waals surface area contributed by atoms with E-state index in [1.165, 1.54) is 25.4 Å². The summed E-state index contributed by atoms with van der Waals surface area (Å²) in [4.78, 5) is 27.5. The molecule has 0 aliphatic rings. The largest absolute Gasteiger partial charge is 0.334 e. The fraction of sp³-hybridized carbons (Fsp3) is 0.231. The van der Waals surface area contributed by atoms with Gasteiger partial charge in [0.05, 0.1) is 11.5 Å². The van der Waals surface area contributed by atoms with Gasteiger partial charge in [0.25, 0.3) is 11.6 Å². The molecule has 0 fully saturated rings. The smallest absolute Gasteiger partial charge is 0.319 e. The van der Waals surface area contributed by atoms with Gasteiger partial charge in [-0.25, -0.2) is 4.98 Å². The minimum absolute atomic E-state index is 0.0348. The third-order valence-electron chi connectivity index (χ3n) is 3.07. The highest BCUT2D eigenvalue weighted by molar-refractivity contribution is 6.31. The average molecular weight is 345 g/mol. The number of imidazole rings is 1. The fourth-order valence-corrected chi connectivity index (χ4v) is 2.14. The minimum atomic E-state index is -2.79. The van der Waals surface area contributed by atoms with Crippen LogP contribution in [0.2, 0.25) is 5.02 Å². The van der Waals surface area contributed by atoms with Crippen LogP contribution in [0.4, 0.5) is 14.5 Å². The molecule has 0 unspecified atom stereocenters. The molecule has 122 valence electrons. The predicted octanol–water partition coefficient (Wildman–Crippen LogP) is 3.11. The maximum Gasteiger partial charge on any atom is 0.319 e. The maximum absolute atomic E-state index is 12.8. The first-order valence-corrected chi connectivity index (χ1v) is 6.68. The van der Waals surface area contributed by atoms with Gasteiger partial charge < -0.3 is 4.90 Å². The number of hydrogen-bond donors (Lipinski definition) is 0. The zero-order chi connectivity index (χ0) is 17.1. The number of hydrogen-bond acceptors (Lipinski definition) is 4. The molecule has 0 saturated carbocycles. The zero-order valence-electron chi connectivity index (χ0n) is 11.8. The summed E-state index contributed by atoms with van der Waals surface area (Å²) in [5.74, 6) is -0.732. The quantitative estimate of drug-likeness (QED) is 0.616. The fourth-order valence-electron chi connectivity index (χ4n) is 1.97. The van der Waals surface area contributed by atoms with Gasteiger partial charge in [0, 0.05) is 30.5 Å². The van der Waals surface area contributed by atoms with Crippen molar-refractivity contribution in [1.82, 2.24) is 14.5 Å². The first kappa shape index (κ1) is 16.8. The van der Waals surface area contributed by atoms with E-state index in [-0.39, 0.29) is 23.0 Å². The van der Waals surface area contributed by atoms with Gasteiger partial charge in [-0.05, 0) is 12.1 Å². The SMILES string of the molecule is CN(Cc1nccn1C(F)F)C(=O)c1ccc(Cl)cc1[N+](=O)[O-]. The Labute approximate surface area is 134 Å². The Hall–Kier alpha value is -2.55. The number of benzene rings is 1. The highest BCUT2D eigenvalue weighted by atomic mass is 35.5. The van der Waals surface area contributed by atoms with Crippen LogP contribution in [0.15, 0.2) is 30.6 Å². The highest BCUT2D eigenvalue weighted by Gasteiger charge is 2.24. The van der Waals surface area contributed by atoms with E-state index in [9.17, 15) is 23.7 Å². The van der Waals surface area contributed by atoms with E-state index < -0.39 is 23.1 Å². The van der Waals surface area contributed by atoms with Gasteiger partial charge in [-0.2, -0.15) is 8.78 Å². The number of rotatable bonds is 5. The minimum Gasteiger partial charge on any atom is -0.334 e. The second kappa shape index (κ2) is 6.69. The van der Waals surface area contributed by atoms with Crippen LogP contribution >= 0.6 is 11.6 Å². The van der Waals surface area contributed by atoms with Crippen molar-refractivity contribution >= 4 is 23.2 Å². The van der Waals surface area contributed by atoms with Crippen molar-refractivity contribution in [3.8, 4) is 0 Å². The van der Waals surface area contributed by atoms with Gasteiger partial charge in [0.15, 0.2) is 0 Å². The van der Waals surface area contributed by atoms with Crippen LogP contribution in [0.5, 0.6) is 0 Å². The summed E-state index contributed by atoms with van der Waals surface area (Å²) >= 11 is 5.69. The molecule has 7 nitrogen and oxygen atoms in total. The van der Waals surface area contributed by atoms with Crippen molar-refractivity contribution < 1.29 is 18.5 Å². The zero-order valence-corrected chi connectivity index (χ0v) is 12.6. The number of nitro groups is 1. The number of nitrogens with zero attached hydrogens (tertiary/aromatic N) is 4. The van der Waals surface area contributed by atoms with Gasteiger partial charge in [-0.15, -0.1) is 0 Å². The number of amides is 1. The first-order valence-electron chi connectivity index (χ1n) is 6.30. The van der Waals surface area contributed by atoms with Gasteiger partial charge in [-0.1, -0.05) is 11.6 Å². The second-order valence-corrected chi connectivity index (χ2v) is 5.04. The van der Waals surface area contributed by atoms with Gasteiger partial charge in [-0.3, -0.25) is 19.5 Å². The molecule has 1 aromatic carbocycles. The molecule has 0 N–H and O–H groups in total. The first-order chi connectivity index (χ1) is 10.8. The summed E-state index contributed by atoms with van der Waals surface area (Å²) in [5, 5.41) is 11.1. The molecule has 1 amide bonds. The van der Waals surface area contributed by atoms with Crippen molar-refractivity contribution in [2.75, 3.05) is 7.05 Å². The van der Waals surface area contributed by atoms with E-state index in [4.69, 9.17) is 11.6 Å². The number of carbonyl (C=O) groups excluding carboxylic acids is 1. The molecule has 0 saturated heterocycles. The maximum atomic E-state index is 12.8. The summed E-state index contributed by atoms with van der Waals surface area (Å²) in [6.45, 7) is -3.02. The van der Waals surface area contributed by atoms with Crippen molar-refractivity contribution in [3.63, 3.8) is 0 Å². The van der Waals surface area contributed by atoms with Crippen LogP contribution in [0.3, 0.4) is 0 Å². The monoisotopic (exact) mass is 344 g/mol. The third-order valence-corrected chi connectivity index (χ3v) is 3.31. The Kier molecular flexibility index (Phi) is 4.89. The molecule has 1 heterocycles. The summed E-state index contributed by atoms with van der Waals surface area (Å²) < 4.78 is 26.1. The molecule has 0 bridgehead atoms. The lowest BCUT2D eigenvalue weighted by Gasteiger charge is -2.17. The Morgan fingerprint density at radius 3 is 2.83 bits per heavy atom. The lowest BCUT2D eigenvalue weighted by molar-refractivity contribution is -0.385. The number of carbonyl (C=O) groups is 1. The van der Waals surface area contributed by atoms with E-state index in [1.54, 1.807) is 0 Å². The van der Waals surface area contributed by atoms with E-state index in [0.29, 0.717) is 4.57 Å². The molecule has 0 aliphatic carbocycles. The van der Waals surface area contributed by atoms with Crippen molar-refractivity contribution in [2.45, 2.75) is 13.1 Å². The molecular weight excluding hydrogens is 334 g/mol.